The van der Waals surface area contributed by atoms with Gasteiger partial charge in [-0.15, -0.1) is 0 Å². The molecule has 0 bridgehead atoms. The molecular weight excluding hydrogens is 381 g/mol. The molecule has 2 aliphatic rings. The molecule has 2 amide bonds. The molecule has 1 aromatic heterocycles. The first-order valence-corrected chi connectivity index (χ1v) is 10.8. The van der Waals surface area contributed by atoms with Crippen LogP contribution in [0.5, 0.6) is 0 Å². The minimum absolute atomic E-state index is 0.0997. The highest BCUT2D eigenvalue weighted by atomic mass is 19.1. The summed E-state index contributed by atoms with van der Waals surface area (Å²) in [5.74, 6) is 0.465. The van der Waals surface area contributed by atoms with Gasteiger partial charge < -0.3 is 9.80 Å². The first kappa shape index (κ1) is 20.5. The van der Waals surface area contributed by atoms with Crippen LogP contribution in [-0.4, -0.2) is 46.2 Å². The molecule has 3 heterocycles. The van der Waals surface area contributed by atoms with Crippen molar-refractivity contribution in [1.29, 1.82) is 0 Å². The summed E-state index contributed by atoms with van der Waals surface area (Å²) in [5.41, 5.74) is 2.00. The highest BCUT2D eigenvalue weighted by molar-refractivity contribution is 5.84. The fourth-order valence-electron chi connectivity index (χ4n) is 4.53. The van der Waals surface area contributed by atoms with Crippen LogP contribution in [0.3, 0.4) is 0 Å². The van der Waals surface area contributed by atoms with Gasteiger partial charge in [0.15, 0.2) is 0 Å². The Morgan fingerprint density at radius 3 is 2.53 bits per heavy atom. The van der Waals surface area contributed by atoms with Crippen molar-refractivity contribution >= 4 is 11.8 Å². The Kier molecular flexibility index (Phi) is 6.41. The number of aromatic nitrogens is 1. The molecule has 4 rings (SSSR count). The molecule has 0 N–H and O–H groups in total. The summed E-state index contributed by atoms with van der Waals surface area (Å²) in [6.45, 7) is 2.46. The SMILES string of the molecule is O=C1CC[C@@H](C(=O)N2CCC(Cc3ccc(F)cc3)CC2)CN1Cc1ccccn1. The van der Waals surface area contributed by atoms with E-state index in [1.54, 1.807) is 11.1 Å². The lowest BCUT2D eigenvalue weighted by molar-refractivity contribution is -0.144. The quantitative estimate of drug-likeness (QED) is 0.760. The molecule has 0 aliphatic carbocycles. The lowest BCUT2D eigenvalue weighted by atomic mass is 9.89. The number of carbonyl (C=O) groups is 2. The third-order valence-electron chi connectivity index (χ3n) is 6.29. The average molecular weight is 410 g/mol. The average Bonchev–Trinajstić information content (AvgIpc) is 2.78. The number of halogens is 1. The summed E-state index contributed by atoms with van der Waals surface area (Å²) in [4.78, 5) is 33.5. The summed E-state index contributed by atoms with van der Waals surface area (Å²) in [6, 6.07) is 12.4. The third kappa shape index (κ3) is 5.04. The van der Waals surface area contributed by atoms with Crippen molar-refractivity contribution in [2.24, 2.45) is 11.8 Å². The third-order valence-corrected chi connectivity index (χ3v) is 6.29. The van der Waals surface area contributed by atoms with Crippen LogP contribution in [0.25, 0.3) is 0 Å². The van der Waals surface area contributed by atoms with Gasteiger partial charge in [-0.2, -0.15) is 0 Å². The van der Waals surface area contributed by atoms with Crippen molar-refractivity contribution in [3.05, 3.63) is 65.7 Å². The largest absolute Gasteiger partial charge is 0.342 e. The fourth-order valence-corrected chi connectivity index (χ4v) is 4.53. The molecule has 2 aromatic rings. The van der Waals surface area contributed by atoms with Gasteiger partial charge >= 0.3 is 0 Å². The first-order chi connectivity index (χ1) is 14.6. The zero-order valence-electron chi connectivity index (χ0n) is 17.2. The monoisotopic (exact) mass is 409 g/mol. The number of carbonyl (C=O) groups excluding carboxylic acids is 2. The van der Waals surface area contributed by atoms with E-state index >= 15 is 0 Å². The summed E-state index contributed by atoms with van der Waals surface area (Å²) in [5, 5.41) is 0. The predicted molar refractivity (Wildman–Crippen MR) is 112 cm³/mol. The lowest BCUT2D eigenvalue weighted by Gasteiger charge is -2.37. The van der Waals surface area contributed by atoms with Crippen LogP contribution < -0.4 is 0 Å². The van der Waals surface area contributed by atoms with Crippen molar-refractivity contribution < 1.29 is 14.0 Å². The normalized spacial score (nSPS) is 20.4. The van der Waals surface area contributed by atoms with E-state index in [2.05, 4.69) is 4.98 Å². The molecule has 0 spiro atoms. The maximum Gasteiger partial charge on any atom is 0.227 e. The molecule has 2 saturated heterocycles. The molecular formula is C24H28FN3O2. The second-order valence-corrected chi connectivity index (χ2v) is 8.43. The first-order valence-electron chi connectivity index (χ1n) is 10.8. The Morgan fingerprint density at radius 2 is 1.83 bits per heavy atom. The number of benzene rings is 1. The van der Waals surface area contributed by atoms with E-state index < -0.39 is 0 Å². The number of likely N-dealkylation sites (tertiary alicyclic amines) is 2. The zero-order chi connectivity index (χ0) is 20.9. The summed E-state index contributed by atoms with van der Waals surface area (Å²) in [7, 11) is 0. The molecule has 2 fully saturated rings. The molecule has 158 valence electrons. The summed E-state index contributed by atoms with van der Waals surface area (Å²) >= 11 is 0. The fraction of sp³-hybridized carbons (Fsp3) is 0.458. The van der Waals surface area contributed by atoms with Crippen LogP contribution in [-0.2, 0) is 22.6 Å². The van der Waals surface area contributed by atoms with Crippen LogP contribution in [0.15, 0.2) is 48.7 Å². The maximum absolute atomic E-state index is 13.1. The summed E-state index contributed by atoms with van der Waals surface area (Å²) in [6.07, 6.45) is 5.63. The second-order valence-electron chi connectivity index (χ2n) is 8.43. The number of pyridine rings is 1. The van der Waals surface area contributed by atoms with E-state index in [9.17, 15) is 14.0 Å². The zero-order valence-corrected chi connectivity index (χ0v) is 17.2. The van der Waals surface area contributed by atoms with E-state index in [4.69, 9.17) is 0 Å². The number of piperidine rings is 2. The van der Waals surface area contributed by atoms with Crippen LogP contribution in [0.2, 0.25) is 0 Å². The van der Waals surface area contributed by atoms with Gasteiger partial charge in [0, 0.05) is 32.3 Å². The van der Waals surface area contributed by atoms with E-state index in [0.29, 0.717) is 31.8 Å². The number of hydrogen-bond acceptors (Lipinski definition) is 3. The highest BCUT2D eigenvalue weighted by Crippen LogP contribution is 2.26. The van der Waals surface area contributed by atoms with Gasteiger partial charge in [-0.3, -0.25) is 14.6 Å². The highest BCUT2D eigenvalue weighted by Gasteiger charge is 2.34. The number of amides is 2. The van der Waals surface area contributed by atoms with E-state index in [1.807, 2.05) is 35.2 Å². The van der Waals surface area contributed by atoms with E-state index in [1.165, 1.54) is 12.1 Å². The molecule has 0 radical (unpaired) electrons. The van der Waals surface area contributed by atoms with Gasteiger partial charge in [-0.05, 0) is 61.4 Å². The van der Waals surface area contributed by atoms with Crippen molar-refractivity contribution in [3.8, 4) is 0 Å². The Labute approximate surface area is 176 Å². The smallest absolute Gasteiger partial charge is 0.227 e. The van der Waals surface area contributed by atoms with Crippen molar-refractivity contribution in [1.82, 2.24) is 14.8 Å². The minimum Gasteiger partial charge on any atom is -0.342 e. The Bertz CT molecular complexity index is 864. The Hall–Kier alpha value is -2.76. The van der Waals surface area contributed by atoms with Gasteiger partial charge in [0.1, 0.15) is 5.82 Å². The number of nitrogens with zero attached hydrogens (tertiary/aromatic N) is 3. The molecule has 2 aliphatic heterocycles. The van der Waals surface area contributed by atoms with Crippen LogP contribution in [0.4, 0.5) is 4.39 Å². The molecule has 30 heavy (non-hydrogen) atoms. The molecule has 6 heteroatoms. The number of rotatable bonds is 5. The van der Waals surface area contributed by atoms with Crippen molar-refractivity contribution in [2.45, 2.75) is 38.6 Å². The maximum atomic E-state index is 13.1. The molecule has 0 saturated carbocycles. The standard InChI is InChI=1S/C24H28FN3O2/c25-21-7-4-18(5-8-21)15-19-10-13-27(14-11-19)24(30)20-6-9-23(29)28(16-20)17-22-3-1-2-12-26-22/h1-5,7-8,12,19-20H,6,9-11,13-17H2/t20-/m1/s1. The van der Waals surface area contributed by atoms with Gasteiger partial charge in [0.2, 0.25) is 11.8 Å². The van der Waals surface area contributed by atoms with Gasteiger partial charge in [0.25, 0.3) is 0 Å². The minimum atomic E-state index is -0.206. The predicted octanol–water partition coefficient (Wildman–Crippen LogP) is 3.44. The molecule has 0 unspecified atom stereocenters. The van der Waals surface area contributed by atoms with Crippen LogP contribution in [0, 0.1) is 17.7 Å². The van der Waals surface area contributed by atoms with Crippen LogP contribution in [0.1, 0.15) is 36.9 Å². The van der Waals surface area contributed by atoms with E-state index in [0.717, 1.165) is 43.6 Å². The van der Waals surface area contributed by atoms with Crippen molar-refractivity contribution in [2.75, 3.05) is 19.6 Å². The molecule has 1 aromatic carbocycles. The molecule has 1 atom stereocenters. The second kappa shape index (κ2) is 9.37. The topological polar surface area (TPSA) is 53.5 Å². The van der Waals surface area contributed by atoms with Gasteiger partial charge in [-0.1, -0.05) is 18.2 Å². The Balaban J connectivity index is 1.29. The van der Waals surface area contributed by atoms with E-state index in [-0.39, 0.29) is 23.5 Å². The van der Waals surface area contributed by atoms with Crippen molar-refractivity contribution in [3.63, 3.8) is 0 Å². The molecule has 5 nitrogen and oxygen atoms in total. The summed E-state index contributed by atoms with van der Waals surface area (Å²) < 4.78 is 13.1. The lowest BCUT2D eigenvalue weighted by Crippen LogP contribution is -2.48. The van der Waals surface area contributed by atoms with Gasteiger partial charge in [0.05, 0.1) is 18.2 Å². The van der Waals surface area contributed by atoms with Crippen LogP contribution >= 0.6 is 0 Å². The Morgan fingerprint density at radius 1 is 1.07 bits per heavy atom. The number of hydrogen-bond donors (Lipinski definition) is 0. The van der Waals surface area contributed by atoms with Gasteiger partial charge in [-0.25, -0.2) is 4.39 Å².